The lowest BCUT2D eigenvalue weighted by molar-refractivity contribution is 0.0598. The van der Waals surface area contributed by atoms with Gasteiger partial charge >= 0.3 is 5.97 Å². The molecular weight excluding hydrogens is 320 g/mol. The Balaban J connectivity index is 1.79. The zero-order valence-electron chi connectivity index (χ0n) is 14.2. The minimum Gasteiger partial charge on any atom is -0.491 e. The molecule has 0 radical (unpaired) electrons. The molecule has 0 spiro atoms. The number of hydrogen-bond donors (Lipinski definition) is 1. The summed E-state index contributed by atoms with van der Waals surface area (Å²) in [6, 6.07) is 13.1. The van der Waals surface area contributed by atoms with E-state index in [2.05, 4.69) is 4.98 Å². The van der Waals surface area contributed by atoms with Crippen LogP contribution in [0.4, 0.5) is 0 Å². The smallest absolute Gasteiger partial charge is 0.344 e. The monoisotopic (exact) mass is 340 g/mol. The highest BCUT2D eigenvalue weighted by atomic mass is 16.5. The molecule has 0 saturated carbocycles. The first-order chi connectivity index (χ1) is 12.1. The number of ether oxygens (including phenoxy) is 2. The van der Waals surface area contributed by atoms with Crippen molar-refractivity contribution in [2.75, 3.05) is 13.7 Å². The Hall–Kier alpha value is -2.86. The van der Waals surface area contributed by atoms with Crippen LogP contribution in [0, 0.1) is 6.92 Å². The van der Waals surface area contributed by atoms with Crippen LogP contribution in [0.1, 0.15) is 21.8 Å². The Morgan fingerprint density at radius 1 is 1.24 bits per heavy atom. The first-order valence-electron chi connectivity index (χ1n) is 7.99. The first kappa shape index (κ1) is 17.0. The lowest BCUT2D eigenvalue weighted by Gasteiger charge is -2.15. The second kappa shape index (κ2) is 7.36. The summed E-state index contributed by atoms with van der Waals surface area (Å²) in [5.41, 5.74) is 8.48. The molecule has 6 heteroatoms. The highest BCUT2D eigenvalue weighted by Crippen LogP contribution is 2.29. The van der Waals surface area contributed by atoms with Gasteiger partial charge in [0, 0.05) is 13.0 Å². The van der Waals surface area contributed by atoms with Crippen molar-refractivity contribution in [3.8, 4) is 5.75 Å². The normalized spacial score (nSPS) is 12.1. The molecule has 1 aromatic heterocycles. The summed E-state index contributed by atoms with van der Waals surface area (Å²) in [6.07, 6.45) is 0.680. The maximum atomic E-state index is 12.2. The summed E-state index contributed by atoms with van der Waals surface area (Å²) < 4.78 is 16.1. The largest absolute Gasteiger partial charge is 0.491 e. The lowest BCUT2D eigenvalue weighted by atomic mass is 10.1. The van der Waals surface area contributed by atoms with E-state index in [0.29, 0.717) is 29.2 Å². The van der Waals surface area contributed by atoms with Crippen LogP contribution in [-0.4, -0.2) is 30.7 Å². The third-order valence-electron chi connectivity index (χ3n) is 3.81. The molecule has 3 aromatic rings. The van der Waals surface area contributed by atoms with Crippen LogP contribution in [0.3, 0.4) is 0 Å². The summed E-state index contributed by atoms with van der Waals surface area (Å²) in [5, 5.41) is 0. The summed E-state index contributed by atoms with van der Waals surface area (Å²) in [7, 11) is 1.32. The van der Waals surface area contributed by atoms with Gasteiger partial charge in [0.15, 0.2) is 11.5 Å². The van der Waals surface area contributed by atoms with E-state index in [4.69, 9.17) is 19.6 Å². The van der Waals surface area contributed by atoms with Crippen LogP contribution in [0.15, 0.2) is 46.9 Å². The number of nitrogens with two attached hydrogens (primary N) is 1. The fraction of sp³-hybridized carbons (Fsp3) is 0.263. The number of carbonyl (C=O) groups excluding carboxylic acids is 1. The van der Waals surface area contributed by atoms with Gasteiger partial charge in [0.05, 0.1) is 7.11 Å². The van der Waals surface area contributed by atoms with Crippen molar-refractivity contribution in [3.63, 3.8) is 0 Å². The Morgan fingerprint density at radius 2 is 2.00 bits per heavy atom. The van der Waals surface area contributed by atoms with Gasteiger partial charge in [-0.2, -0.15) is 0 Å². The molecule has 1 atom stereocenters. The van der Waals surface area contributed by atoms with E-state index >= 15 is 0 Å². The molecule has 0 fully saturated rings. The van der Waals surface area contributed by atoms with Crippen molar-refractivity contribution in [2.24, 2.45) is 5.73 Å². The summed E-state index contributed by atoms with van der Waals surface area (Å²) in [4.78, 5) is 16.4. The van der Waals surface area contributed by atoms with Gasteiger partial charge in [-0.05, 0) is 24.1 Å². The molecule has 6 nitrogen and oxygen atoms in total. The first-order valence-corrected chi connectivity index (χ1v) is 7.99. The molecule has 2 N–H and O–H groups in total. The number of oxazole rings is 1. The van der Waals surface area contributed by atoms with Gasteiger partial charge in [0.25, 0.3) is 0 Å². The van der Waals surface area contributed by atoms with Crippen LogP contribution >= 0.6 is 0 Å². The topological polar surface area (TPSA) is 87.6 Å². The maximum absolute atomic E-state index is 12.2. The average Bonchev–Trinajstić information content (AvgIpc) is 2.99. The number of aryl methyl sites for hydroxylation is 1. The number of carbonyl (C=O) groups is 1. The molecule has 3 rings (SSSR count). The van der Waals surface area contributed by atoms with Crippen LogP contribution < -0.4 is 10.5 Å². The van der Waals surface area contributed by atoms with E-state index < -0.39 is 5.97 Å². The summed E-state index contributed by atoms with van der Waals surface area (Å²) in [5.74, 6) is 0.333. The van der Waals surface area contributed by atoms with Crippen molar-refractivity contribution in [1.29, 1.82) is 0 Å². The molecule has 1 heterocycles. The number of benzene rings is 2. The van der Waals surface area contributed by atoms with Crippen molar-refractivity contribution >= 4 is 17.1 Å². The minimum atomic E-state index is -0.523. The Labute approximate surface area is 145 Å². The van der Waals surface area contributed by atoms with E-state index in [9.17, 15) is 4.79 Å². The minimum absolute atomic E-state index is 0.206. The maximum Gasteiger partial charge on any atom is 0.344 e. The summed E-state index contributed by atoms with van der Waals surface area (Å²) >= 11 is 0. The van der Waals surface area contributed by atoms with E-state index in [1.165, 1.54) is 7.11 Å². The van der Waals surface area contributed by atoms with E-state index in [-0.39, 0.29) is 18.2 Å². The molecule has 25 heavy (non-hydrogen) atoms. The standard InChI is InChI=1S/C19H20N2O4/c1-12-21-18-16(25-12)9-8-15(17(18)19(22)23-2)24-11-14(20)10-13-6-4-3-5-7-13/h3-9,14H,10-11,20H2,1-2H3. The fourth-order valence-corrected chi connectivity index (χ4v) is 2.68. The lowest BCUT2D eigenvalue weighted by Crippen LogP contribution is -2.30. The van der Waals surface area contributed by atoms with Gasteiger partial charge in [-0.25, -0.2) is 9.78 Å². The number of rotatable bonds is 6. The van der Waals surface area contributed by atoms with E-state index in [1.807, 2.05) is 30.3 Å². The van der Waals surface area contributed by atoms with Crippen molar-refractivity contribution in [3.05, 3.63) is 59.5 Å². The third kappa shape index (κ3) is 3.80. The number of methoxy groups -OCH3 is 1. The van der Waals surface area contributed by atoms with Gasteiger partial charge in [0.2, 0.25) is 0 Å². The van der Waals surface area contributed by atoms with Crippen LogP contribution in [0.25, 0.3) is 11.1 Å². The second-order valence-corrected chi connectivity index (χ2v) is 5.77. The van der Waals surface area contributed by atoms with Crippen molar-refractivity contribution in [2.45, 2.75) is 19.4 Å². The molecule has 0 bridgehead atoms. The van der Waals surface area contributed by atoms with Crippen LogP contribution in [0.2, 0.25) is 0 Å². The molecule has 0 amide bonds. The SMILES string of the molecule is COC(=O)c1c(OCC(N)Cc2ccccc2)ccc2oc(C)nc12. The molecule has 0 aliphatic rings. The molecule has 0 saturated heterocycles. The molecule has 0 aliphatic carbocycles. The Morgan fingerprint density at radius 3 is 2.72 bits per heavy atom. The predicted molar refractivity (Wildman–Crippen MR) is 93.7 cm³/mol. The second-order valence-electron chi connectivity index (χ2n) is 5.77. The highest BCUT2D eigenvalue weighted by molar-refractivity contribution is 6.04. The average molecular weight is 340 g/mol. The van der Waals surface area contributed by atoms with Crippen molar-refractivity contribution in [1.82, 2.24) is 4.98 Å². The van der Waals surface area contributed by atoms with Gasteiger partial charge in [-0.3, -0.25) is 0 Å². The quantitative estimate of drug-likeness (QED) is 0.694. The van der Waals surface area contributed by atoms with Gasteiger partial charge in [-0.15, -0.1) is 0 Å². The van der Waals surface area contributed by atoms with Gasteiger partial charge in [0.1, 0.15) is 23.4 Å². The fourth-order valence-electron chi connectivity index (χ4n) is 2.68. The number of nitrogens with zero attached hydrogens (tertiary/aromatic N) is 1. The number of hydrogen-bond acceptors (Lipinski definition) is 6. The van der Waals surface area contributed by atoms with Crippen LogP contribution in [0.5, 0.6) is 5.75 Å². The number of fused-ring (bicyclic) bond motifs is 1. The molecule has 0 aliphatic heterocycles. The predicted octanol–water partition coefficient (Wildman–Crippen LogP) is 2.87. The van der Waals surface area contributed by atoms with Crippen LogP contribution in [-0.2, 0) is 11.2 Å². The van der Waals surface area contributed by atoms with Crippen molar-refractivity contribution < 1.29 is 18.7 Å². The highest BCUT2D eigenvalue weighted by Gasteiger charge is 2.21. The Kier molecular flexibility index (Phi) is 5.00. The third-order valence-corrected chi connectivity index (χ3v) is 3.81. The molecule has 130 valence electrons. The number of esters is 1. The Bertz CT molecular complexity index is 874. The number of aromatic nitrogens is 1. The molecular formula is C19H20N2O4. The zero-order chi connectivity index (χ0) is 17.8. The van der Waals surface area contributed by atoms with E-state index in [1.54, 1.807) is 19.1 Å². The molecule has 2 aromatic carbocycles. The molecule has 1 unspecified atom stereocenters. The van der Waals surface area contributed by atoms with E-state index in [0.717, 1.165) is 5.56 Å². The van der Waals surface area contributed by atoms with Gasteiger partial charge in [-0.1, -0.05) is 30.3 Å². The summed E-state index contributed by atoms with van der Waals surface area (Å²) in [6.45, 7) is 1.98. The van der Waals surface area contributed by atoms with Gasteiger partial charge < -0.3 is 19.6 Å². The zero-order valence-corrected chi connectivity index (χ0v) is 14.2.